The monoisotopic (exact) mass is 534 g/mol. The average molecular weight is 535 g/mol. The number of carbonyl (C=O) groups is 1. The third-order valence-electron chi connectivity index (χ3n) is 6.21. The van der Waals surface area contributed by atoms with Gasteiger partial charge in [-0.3, -0.25) is 4.79 Å². The Morgan fingerprint density at radius 3 is 2.51 bits per heavy atom. The van der Waals surface area contributed by atoms with Crippen LogP contribution in [0.4, 0.5) is 28.9 Å². The van der Waals surface area contributed by atoms with Crippen LogP contribution in [-0.4, -0.2) is 22.3 Å². The molecule has 0 aliphatic heterocycles. The van der Waals surface area contributed by atoms with Gasteiger partial charge in [0.2, 0.25) is 0 Å². The molecule has 1 atom stereocenters. The fourth-order valence-electron chi connectivity index (χ4n) is 4.13. The van der Waals surface area contributed by atoms with E-state index in [0.29, 0.717) is 24.2 Å². The molecule has 0 spiro atoms. The molecule has 3 aromatic carbocycles. The lowest BCUT2D eigenvalue weighted by atomic mass is 10.0. The van der Waals surface area contributed by atoms with Crippen molar-refractivity contribution in [2.75, 3.05) is 11.9 Å². The number of carbonyl (C=O) groups excluding carboxylic acids is 1. The normalized spacial score (nSPS) is 14.0. The largest absolute Gasteiger partial charge is 0.435 e. The van der Waals surface area contributed by atoms with Crippen molar-refractivity contribution in [3.63, 3.8) is 0 Å². The third-order valence-corrected chi connectivity index (χ3v) is 6.21. The minimum atomic E-state index is -4.81. The van der Waals surface area contributed by atoms with Gasteiger partial charge in [0.15, 0.2) is 11.4 Å². The van der Waals surface area contributed by atoms with Crippen LogP contribution >= 0.6 is 0 Å². The molecule has 1 N–H and O–H groups in total. The Hall–Kier alpha value is -4.49. The highest BCUT2D eigenvalue weighted by atomic mass is 19.4. The molecule has 1 fully saturated rings. The van der Waals surface area contributed by atoms with Crippen molar-refractivity contribution >= 4 is 17.3 Å². The van der Waals surface area contributed by atoms with E-state index in [1.54, 1.807) is 0 Å². The molecular formula is C29H22F4N4O2. The number of alkyl halides is 3. The third kappa shape index (κ3) is 6.16. The van der Waals surface area contributed by atoms with E-state index in [2.05, 4.69) is 15.3 Å². The van der Waals surface area contributed by atoms with E-state index >= 15 is 0 Å². The van der Waals surface area contributed by atoms with Crippen molar-refractivity contribution in [1.82, 2.24) is 9.78 Å². The summed E-state index contributed by atoms with van der Waals surface area (Å²) < 4.78 is 62.2. The summed E-state index contributed by atoms with van der Waals surface area (Å²) in [6, 6.07) is 19.5. The van der Waals surface area contributed by atoms with Crippen molar-refractivity contribution in [2.24, 2.45) is 5.92 Å². The Kier molecular flexibility index (Phi) is 7.17. The Bertz CT molecular complexity index is 1540. The van der Waals surface area contributed by atoms with E-state index in [1.807, 2.05) is 30.3 Å². The zero-order valence-electron chi connectivity index (χ0n) is 20.5. The predicted molar refractivity (Wildman–Crippen MR) is 136 cm³/mol. The van der Waals surface area contributed by atoms with Crippen molar-refractivity contribution in [1.29, 1.82) is 0 Å². The first-order chi connectivity index (χ1) is 18.7. The molecule has 4 aromatic rings. The van der Waals surface area contributed by atoms with Crippen molar-refractivity contribution in [3.8, 4) is 5.69 Å². The zero-order valence-corrected chi connectivity index (χ0v) is 20.5. The number of hydrogen-bond acceptors (Lipinski definition) is 3. The van der Waals surface area contributed by atoms with Crippen LogP contribution in [0.3, 0.4) is 0 Å². The summed E-state index contributed by atoms with van der Waals surface area (Å²) in [5.74, 6) is -1.13. The molecule has 198 valence electrons. The number of ether oxygens (including phenoxy) is 1. The maximum atomic E-state index is 14.8. The maximum Gasteiger partial charge on any atom is 0.435 e. The fourth-order valence-corrected chi connectivity index (χ4v) is 4.13. The van der Waals surface area contributed by atoms with Crippen molar-refractivity contribution < 1.29 is 27.1 Å². The van der Waals surface area contributed by atoms with Crippen LogP contribution in [-0.2, 0) is 10.9 Å². The number of benzene rings is 3. The molecule has 0 radical (unpaired) electrons. The summed E-state index contributed by atoms with van der Waals surface area (Å²) in [7, 11) is 0. The molecular weight excluding hydrogens is 512 g/mol. The molecule has 1 aliphatic carbocycles. The predicted octanol–water partition coefficient (Wildman–Crippen LogP) is 7.35. The number of nitrogens with one attached hydrogen (secondary N) is 1. The van der Waals surface area contributed by atoms with E-state index in [4.69, 9.17) is 11.3 Å². The summed E-state index contributed by atoms with van der Waals surface area (Å²) in [6.07, 6.45) is -3.28. The van der Waals surface area contributed by atoms with Crippen LogP contribution in [0.25, 0.3) is 10.5 Å². The van der Waals surface area contributed by atoms with Gasteiger partial charge in [-0.1, -0.05) is 42.5 Å². The zero-order chi connectivity index (χ0) is 27.6. The molecule has 0 saturated heterocycles. The van der Waals surface area contributed by atoms with E-state index in [9.17, 15) is 22.4 Å². The average Bonchev–Trinajstić information content (AvgIpc) is 3.62. The summed E-state index contributed by atoms with van der Waals surface area (Å²) in [4.78, 5) is 16.5. The molecule has 1 aromatic heterocycles. The highest BCUT2D eigenvalue weighted by Crippen LogP contribution is 2.35. The number of aromatic nitrogens is 2. The number of nitrogens with zero attached hydrogens (tertiary/aromatic N) is 3. The molecule has 1 aliphatic rings. The van der Waals surface area contributed by atoms with E-state index in [0.717, 1.165) is 29.2 Å². The lowest BCUT2D eigenvalue weighted by Gasteiger charge is -2.20. The van der Waals surface area contributed by atoms with Gasteiger partial charge < -0.3 is 10.1 Å². The van der Waals surface area contributed by atoms with Gasteiger partial charge in [-0.2, -0.15) is 18.3 Å². The highest BCUT2D eigenvalue weighted by Gasteiger charge is 2.36. The minimum absolute atomic E-state index is 0.0437. The SMILES string of the molecule is [C-]#[N+]c1cccc(-n2nc(C(F)(F)F)cc2C(=O)Nc2cc(F)cc(C(OCC3CC3)c3ccccc3)c2)c1. The van der Waals surface area contributed by atoms with Gasteiger partial charge in [-0.15, -0.1) is 0 Å². The minimum Gasteiger partial charge on any atom is -0.368 e. The van der Waals surface area contributed by atoms with Gasteiger partial charge in [0, 0.05) is 11.8 Å². The smallest absolute Gasteiger partial charge is 0.368 e. The van der Waals surface area contributed by atoms with Gasteiger partial charge >= 0.3 is 6.18 Å². The number of halogens is 4. The Balaban J connectivity index is 1.48. The molecule has 10 heteroatoms. The van der Waals surface area contributed by atoms with E-state index in [-0.39, 0.29) is 17.1 Å². The van der Waals surface area contributed by atoms with Gasteiger partial charge in [0.05, 0.1) is 18.9 Å². The molecule has 1 amide bonds. The van der Waals surface area contributed by atoms with Crippen LogP contribution in [0.5, 0.6) is 0 Å². The Morgan fingerprint density at radius 2 is 1.82 bits per heavy atom. The van der Waals surface area contributed by atoms with Crippen LogP contribution in [0.2, 0.25) is 0 Å². The van der Waals surface area contributed by atoms with Gasteiger partial charge in [0.25, 0.3) is 5.91 Å². The van der Waals surface area contributed by atoms with E-state index in [1.165, 1.54) is 36.4 Å². The topological polar surface area (TPSA) is 60.5 Å². The van der Waals surface area contributed by atoms with Crippen molar-refractivity contribution in [3.05, 3.63) is 119 Å². The van der Waals surface area contributed by atoms with Gasteiger partial charge in [-0.25, -0.2) is 13.9 Å². The van der Waals surface area contributed by atoms with Crippen LogP contribution in [0, 0.1) is 18.3 Å². The number of amides is 1. The van der Waals surface area contributed by atoms with Crippen LogP contribution < -0.4 is 5.32 Å². The molecule has 0 bridgehead atoms. The Labute approximate surface area is 221 Å². The van der Waals surface area contributed by atoms with Gasteiger partial charge in [0.1, 0.15) is 17.6 Å². The highest BCUT2D eigenvalue weighted by molar-refractivity contribution is 6.03. The first-order valence-electron chi connectivity index (χ1n) is 12.1. The van der Waals surface area contributed by atoms with Crippen molar-refractivity contribution in [2.45, 2.75) is 25.1 Å². The Morgan fingerprint density at radius 1 is 1.05 bits per heavy atom. The summed E-state index contributed by atoms with van der Waals surface area (Å²) in [6.45, 7) is 7.68. The molecule has 1 saturated carbocycles. The number of rotatable bonds is 8. The summed E-state index contributed by atoms with van der Waals surface area (Å²) in [5, 5.41) is 6.08. The van der Waals surface area contributed by atoms with Crippen LogP contribution in [0.15, 0.2) is 78.9 Å². The first-order valence-corrected chi connectivity index (χ1v) is 12.1. The maximum absolute atomic E-state index is 14.8. The second-order valence-electron chi connectivity index (χ2n) is 9.25. The standard InChI is InChI=1S/C29H22F4N4O2/c1-34-22-8-5-9-24(15-22)37-25(16-26(36-37)29(31,32)33)28(38)35-23-13-20(12-21(30)14-23)27(39-17-18-10-11-18)19-6-3-2-4-7-19/h2-9,12-16,18,27H,10-11,17H2,(H,35,38). The number of hydrogen-bond donors (Lipinski definition) is 1. The summed E-state index contributed by atoms with van der Waals surface area (Å²) >= 11 is 0. The second kappa shape index (κ2) is 10.7. The van der Waals surface area contributed by atoms with E-state index < -0.39 is 35.4 Å². The van der Waals surface area contributed by atoms with Crippen LogP contribution in [0.1, 0.15) is 46.3 Å². The van der Waals surface area contributed by atoms with Gasteiger partial charge in [-0.05, 0) is 60.2 Å². The summed E-state index contributed by atoms with van der Waals surface area (Å²) in [5.41, 5.74) is -0.155. The number of anilines is 1. The first kappa shape index (κ1) is 26.1. The molecule has 1 unspecified atom stereocenters. The fraction of sp³-hybridized carbons (Fsp3) is 0.207. The lowest BCUT2D eigenvalue weighted by molar-refractivity contribution is -0.141. The quantitative estimate of drug-likeness (QED) is 0.190. The molecule has 6 nitrogen and oxygen atoms in total. The lowest BCUT2D eigenvalue weighted by Crippen LogP contribution is -2.17. The molecule has 1 heterocycles. The second-order valence-corrected chi connectivity index (χ2v) is 9.25. The molecule has 5 rings (SSSR count). The molecule has 39 heavy (non-hydrogen) atoms.